The molecule has 0 bridgehead atoms. The number of para-hydroxylation sites is 1. The molecule has 1 atom stereocenters. The maximum Gasteiger partial charge on any atom is 0.257 e. The Kier molecular flexibility index (Phi) is 5.60. The predicted octanol–water partition coefficient (Wildman–Crippen LogP) is 4.99. The number of halogens is 2. The number of pyridine rings is 1. The summed E-state index contributed by atoms with van der Waals surface area (Å²) in [5.41, 5.74) is 2.30. The molecule has 5 nitrogen and oxygen atoms in total. The fourth-order valence-electron chi connectivity index (χ4n) is 3.67. The Bertz CT molecular complexity index is 1020. The van der Waals surface area contributed by atoms with Crippen LogP contribution in [-0.2, 0) is 0 Å². The van der Waals surface area contributed by atoms with Crippen LogP contribution in [0.5, 0.6) is 5.75 Å². The maximum atomic E-state index is 13.2. The molecule has 1 amide bonds. The van der Waals surface area contributed by atoms with Crippen LogP contribution in [-0.4, -0.2) is 40.1 Å². The van der Waals surface area contributed by atoms with Gasteiger partial charge in [-0.25, -0.2) is 4.52 Å². The van der Waals surface area contributed by atoms with Gasteiger partial charge in [-0.2, -0.15) is 5.10 Å². The molecular weight excluding hydrogens is 442 g/mol. The smallest absolute Gasteiger partial charge is 0.257 e. The first kappa shape index (κ1) is 19.3. The van der Waals surface area contributed by atoms with Crippen LogP contribution in [0.1, 0.15) is 28.8 Å². The van der Waals surface area contributed by atoms with Crippen molar-refractivity contribution in [1.82, 2.24) is 14.5 Å². The summed E-state index contributed by atoms with van der Waals surface area (Å²) in [6.45, 7) is 4.06. The van der Waals surface area contributed by atoms with Crippen molar-refractivity contribution < 1.29 is 9.53 Å². The molecule has 0 aliphatic carbocycles. The Morgan fingerprint density at radius 2 is 2.14 bits per heavy atom. The van der Waals surface area contributed by atoms with E-state index in [0.717, 1.165) is 35.3 Å². The molecule has 1 aliphatic heterocycles. The Hall–Kier alpha value is -2.05. The highest BCUT2D eigenvalue weighted by Gasteiger charge is 2.27. The van der Waals surface area contributed by atoms with E-state index >= 15 is 0 Å². The molecule has 4 rings (SSSR count). The van der Waals surface area contributed by atoms with Gasteiger partial charge in [-0.3, -0.25) is 4.79 Å². The third-order valence-electron chi connectivity index (χ3n) is 5.17. The summed E-state index contributed by atoms with van der Waals surface area (Å²) in [6, 6.07) is 11.6. The molecule has 1 aliphatic rings. The number of hydrogen-bond donors (Lipinski definition) is 0. The topological polar surface area (TPSA) is 46.8 Å². The van der Waals surface area contributed by atoms with Crippen LogP contribution < -0.4 is 4.74 Å². The fraction of sp³-hybridized carbons (Fsp3) is 0.333. The molecule has 28 heavy (non-hydrogen) atoms. The first-order valence-corrected chi connectivity index (χ1v) is 10.5. The van der Waals surface area contributed by atoms with Crippen LogP contribution in [0, 0.1) is 12.8 Å². The number of aryl methyl sites for hydroxylation is 1. The predicted molar refractivity (Wildman–Crippen MR) is 113 cm³/mol. The van der Waals surface area contributed by atoms with E-state index in [0.29, 0.717) is 35.2 Å². The molecule has 0 saturated carbocycles. The number of rotatable bonds is 4. The van der Waals surface area contributed by atoms with Crippen LogP contribution in [0.15, 0.2) is 47.2 Å². The molecule has 7 heteroatoms. The van der Waals surface area contributed by atoms with Gasteiger partial charge in [0.15, 0.2) is 0 Å². The van der Waals surface area contributed by atoms with Gasteiger partial charge in [-0.15, -0.1) is 0 Å². The number of aromatic nitrogens is 2. The third-order valence-corrected chi connectivity index (χ3v) is 6.07. The van der Waals surface area contributed by atoms with E-state index in [9.17, 15) is 4.79 Å². The third kappa shape index (κ3) is 3.76. The molecular formula is C21H21BrClN3O2. The lowest BCUT2D eigenvalue weighted by atomic mass is 9.98. The van der Waals surface area contributed by atoms with Gasteiger partial charge in [0.25, 0.3) is 5.91 Å². The van der Waals surface area contributed by atoms with Crippen molar-refractivity contribution in [3.63, 3.8) is 0 Å². The van der Waals surface area contributed by atoms with Gasteiger partial charge in [0, 0.05) is 19.0 Å². The standard InChI is InChI=1S/C21H21BrClN3O2/c1-14-5-2-3-7-18(14)28-13-15-6-4-10-25(12-15)21(27)16-11-24-26-19(22)9-8-17(23)20(16)26/h2-3,5,7-9,11,15H,4,6,10,12-13H2,1H3. The number of nitrogens with zero attached hydrogens (tertiary/aromatic N) is 3. The SMILES string of the molecule is Cc1ccccc1OCC1CCCN(C(=O)c2cnn3c(Br)ccc(Cl)c23)C1. The van der Waals surface area contributed by atoms with E-state index in [1.807, 2.05) is 42.2 Å². The summed E-state index contributed by atoms with van der Waals surface area (Å²) < 4.78 is 8.43. The van der Waals surface area contributed by atoms with Crippen LogP contribution in [0.3, 0.4) is 0 Å². The highest BCUT2D eigenvalue weighted by atomic mass is 79.9. The van der Waals surface area contributed by atoms with Crippen LogP contribution >= 0.6 is 27.5 Å². The van der Waals surface area contributed by atoms with E-state index in [-0.39, 0.29) is 5.91 Å². The van der Waals surface area contributed by atoms with E-state index in [2.05, 4.69) is 21.0 Å². The number of carbonyl (C=O) groups is 1. The van der Waals surface area contributed by atoms with Gasteiger partial charge in [0.1, 0.15) is 10.4 Å². The van der Waals surface area contributed by atoms with E-state index in [4.69, 9.17) is 16.3 Å². The van der Waals surface area contributed by atoms with Gasteiger partial charge in [0.05, 0.1) is 28.9 Å². The molecule has 0 N–H and O–H groups in total. The molecule has 0 spiro atoms. The van der Waals surface area contributed by atoms with E-state index in [1.165, 1.54) is 0 Å². The summed E-state index contributed by atoms with van der Waals surface area (Å²) >= 11 is 9.80. The molecule has 3 heterocycles. The Morgan fingerprint density at radius 3 is 2.96 bits per heavy atom. The highest BCUT2D eigenvalue weighted by molar-refractivity contribution is 9.10. The highest BCUT2D eigenvalue weighted by Crippen LogP contribution is 2.28. The average Bonchev–Trinajstić information content (AvgIpc) is 3.16. The number of ether oxygens (including phenoxy) is 1. The van der Waals surface area contributed by atoms with Crippen LogP contribution in [0.2, 0.25) is 5.02 Å². The van der Waals surface area contributed by atoms with Crippen LogP contribution in [0.4, 0.5) is 0 Å². The van der Waals surface area contributed by atoms with Gasteiger partial charge in [0.2, 0.25) is 0 Å². The minimum Gasteiger partial charge on any atom is -0.493 e. The van der Waals surface area contributed by atoms with Gasteiger partial charge < -0.3 is 9.64 Å². The van der Waals surface area contributed by atoms with Crippen molar-refractivity contribution >= 4 is 39.0 Å². The zero-order valence-corrected chi connectivity index (χ0v) is 17.9. The first-order valence-electron chi connectivity index (χ1n) is 9.34. The number of hydrogen-bond acceptors (Lipinski definition) is 3. The molecule has 1 fully saturated rings. The number of piperidine rings is 1. The lowest BCUT2D eigenvalue weighted by Gasteiger charge is -2.32. The minimum absolute atomic E-state index is 0.0319. The normalized spacial score (nSPS) is 17.1. The first-order chi connectivity index (χ1) is 13.5. The van der Waals surface area contributed by atoms with Crippen molar-refractivity contribution in [3.8, 4) is 5.75 Å². The Labute approximate surface area is 177 Å². The van der Waals surface area contributed by atoms with Crippen molar-refractivity contribution in [2.45, 2.75) is 19.8 Å². The summed E-state index contributed by atoms with van der Waals surface area (Å²) in [5.74, 6) is 1.18. The monoisotopic (exact) mass is 461 g/mol. The second-order valence-electron chi connectivity index (χ2n) is 7.16. The lowest BCUT2D eigenvalue weighted by molar-refractivity contribution is 0.0635. The fourth-order valence-corrected chi connectivity index (χ4v) is 4.32. The van der Waals surface area contributed by atoms with E-state index < -0.39 is 0 Å². The molecule has 3 aromatic rings. The Morgan fingerprint density at radius 1 is 1.32 bits per heavy atom. The largest absolute Gasteiger partial charge is 0.493 e. The van der Waals surface area contributed by atoms with E-state index in [1.54, 1.807) is 16.8 Å². The lowest BCUT2D eigenvalue weighted by Crippen LogP contribution is -2.41. The van der Waals surface area contributed by atoms with Crippen molar-refractivity contribution in [2.75, 3.05) is 19.7 Å². The molecule has 1 aromatic carbocycles. The van der Waals surface area contributed by atoms with Crippen molar-refractivity contribution in [3.05, 3.63) is 63.3 Å². The molecule has 0 radical (unpaired) electrons. The quantitative estimate of drug-likeness (QED) is 0.513. The second kappa shape index (κ2) is 8.13. The zero-order chi connectivity index (χ0) is 19.7. The van der Waals surface area contributed by atoms with Crippen molar-refractivity contribution in [2.24, 2.45) is 5.92 Å². The zero-order valence-electron chi connectivity index (χ0n) is 15.6. The Balaban J connectivity index is 1.48. The summed E-state index contributed by atoms with van der Waals surface area (Å²) in [5, 5.41) is 4.83. The number of fused-ring (bicyclic) bond motifs is 1. The summed E-state index contributed by atoms with van der Waals surface area (Å²) in [7, 11) is 0. The maximum absolute atomic E-state index is 13.2. The molecule has 1 saturated heterocycles. The molecule has 146 valence electrons. The summed E-state index contributed by atoms with van der Waals surface area (Å²) in [4.78, 5) is 15.1. The van der Waals surface area contributed by atoms with Gasteiger partial charge in [-0.1, -0.05) is 29.8 Å². The van der Waals surface area contributed by atoms with Gasteiger partial charge in [-0.05, 0) is 59.5 Å². The van der Waals surface area contributed by atoms with Crippen molar-refractivity contribution in [1.29, 1.82) is 0 Å². The van der Waals surface area contributed by atoms with Crippen LogP contribution in [0.25, 0.3) is 5.52 Å². The average molecular weight is 463 g/mol. The minimum atomic E-state index is -0.0319. The molecule has 1 unspecified atom stereocenters. The second-order valence-corrected chi connectivity index (χ2v) is 8.38. The number of amides is 1. The van der Waals surface area contributed by atoms with Gasteiger partial charge >= 0.3 is 0 Å². The summed E-state index contributed by atoms with van der Waals surface area (Å²) in [6.07, 6.45) is 3.61. The number of likely N-dealkylation sites (tertiary alicyclic amines) is 1. The number of carbonyl (C=O) groups excluding carboxylic acids is 1. The molecule has 2 aromatic heterocycles. The number of benzene rings is 1.